The van der Waals surface area contributed by atoms with Crippen molar-refractivity contribution in [2.45, 2.75) is 5.41 Å². The van der Waals surface area contributed by atoms with Crippen LogP contribution >= 0.6 is 11.3 Å². The minimum atomic E-state index is -0.484. The second-order valence-corrected chi connectivity index (χ2v) is 13.6. The Morgan fingerprint density at radius 2 is 0.918 bits per heavy atom. The van der Waals surface area contributed by atoms with Gasteiger partial charge < -0.3 is 4.90 Å². The summed E-state index contributed by atoms with van der Waals surface area (Å²) in [7, 11) is 0. The van der Waals surface area contributed by atoms with Gasteiger partial charge in [-0.1, -0.05) is 157 Å². The maximum absolute atomic E-state index is 4.62. The van der Waals surface area contributed by atoms with Gasteiger partial charge in [0.1, 0.15) is 10.0 Å². The Morgan fingerprint density at radius 1 is 0.408 bits per heavy atom. The number of hydrogen-bond donors (Lipinski definition) is 0. The highest BCUT2D eigenvalue weighted by molar-refractivity contribution is 7.17. The Balaban J connectivity index is 1.20. The van der Waals surface area contributed by atoms with E-state index in [2.05, 4.69) is 173 Å². The van der Waals surface area contributed by atoms with E-state index in [1.54, 1.807) is 11.3 Å². The molecule has 0 unspecified atom stereocenters. The standard InChI is InChI=1S/C45H29N3S/c1-3-15-30(16-4-1)43-46-47-44(49-43)32-18-13-17-31(29-32)34-22-14-26-39-42(34)35-21-7-8-23-36(35)45(39)37-24-9-11-27-40(37)48(33-19-5-2-6-20-33)41-28-12-10-25-38(41)45/h1-29H. The molecule has 230 valence electrons. The number of para-hydroxylation sites is 3. The zero-order valence-electron chi connectivity index (χ0n) is 26.5. The van der Waals surface area contributed by atoms with Crippen LogP contribution in [0.1, 0.15) is 22.3 Å². The van der Waals surface area contributed by atoms with Gasteiger partial charge in [-0.25, -0.2) is 0 Å². The first-order valence-corrected chi connectivity index (χ1v) is 17.4. The Labute approximate surface area is 289 Å². The van der Waals surface area contributed by atoms with Crippen LogP contribution in [0, 0.1) is 0 Å². The van der Waals surface area contributed by atoms with Crippen LogP contribution in [0.5, 0.6) is 0 Å². The van der Waals surface area contributed by atoms with Crippen LogP contribution in [0.4, 0.5) is 17.1 Å². The summed E-state index contributed by atoms with van der Waals surface area (Å²) in [4.78, 5) is 2.43. The molecule has 2 aliphatic rings. The molecule has 0 amide bonds. The van der Waals surface area contributed by atoms with Crippen molar-refractivity contribution in [1.29, 1.82) is 0 Å². The average Bonchev–Trinajstić information content (AvgIpc) is 3.79. The lowest BCUT2D eigenvalue weighted by atomic mass is 9.64. The highest BCUT2D eigenvalue weighted by Gasteiger charge is 2.52. The zero-order chi connectivity index (χ0) is 32.4. The summed E-state index contributed by atoms with van der Waals surface area (Å²) in [6.07, 6.45) is 0. The number of anilines is 3. The molecule has 3 nitrogen and oxygen atoms in total. The molecule has 2 heterocycles. The molecular weight excluding hydrogens is 615 g/mol. The third-order valence-electron chi connectivity index (χ3n) is 10.0. The van der Waals surface area contributed by atoms with E-state index in [0.29, 0.717) is 0 Å². The maximum atomic E-state index is 4.62. The second-order valence-electron chi connectivity index (χ2n) is 12.6. The number of benzene rings is 7. The van der Waals surface area contributed by atoms with Crippen LogP contribution in [0.15, 0.2) is 176 Å². The fourth-order valence-electron chi connectivity index (χ4n) is 8.11. The van der Waals surface area contributed by atoms with Gasteiger partial charge in [-0.2, -0.15) is 0 Å². The van der Waals surface area contributed by atoms with Gasteiger partial charge in [-0.15, -0.1) is 10.2 Å². The van der Waals surface area contributed by atoms with Crippen molar-refractivity contribution in [3.8, 4) is 43.4 Å². The van der Waals surface area contributed by atoms with Crippen LogP contribution < -0.4 is 4.90 Å². The smallest absolute Gasteiger partial charge is 0.148 e. The SMILES string of the molecule is c1ccc(-c2nnc(-c3cccc(-c4cccc5c4-c4ccccc4C54c5ccccc5N(c5ccccc5)c5ccccc54)c3)s2)cc1. The van der Waals surface area contributed by atoms with Crippen molar-refractivity contribution < 1.29 is 0 Å². The topological polar surface area (TPSA) is 29.0 Å². The summed E-state index contributed by atoms with van der Waals surface area (Å²) in [6.45, 7) is 0. The van der Waals surface area contributed by atoms with Crippen LogP contribution in [0.2, 0.25) is 0 Å². The fourth-order valence-corrected chi connectivity index (χ4v) is 8.95. The van der Waals surface area contributed by atoms with Gasteiger partial charge in [0, 0.05) is 16.8 Å². The highest BCUT2D eigenvalue weighted by atomic mass is 32.1. The number of aromatic nitrogens is 2. The molecule has 0 N–H and O–H groups in total. The molecule has 4 heteroatoms. The van der Waals surface area contributed by atoms with Crippen LogP contribution in [0.3, 0.4) is 0 Å². The van der Waals surface area contributed by atoms with E-state index < -0.39 is 5.41 Å². The minimum Gasteiger partial charge on any atom is -0.310 e. The normalized spacial score (nSPS) is 13.4. The van der Waals surface area contributed by atoms with Gasteiger partial charge in [-0.05, 0) is 74.8 Å². The molecule has 7 aromatic carbocycles. The molecule has 1 aliphatic carbocycles. The summed E-state index contributed by atoms with van der Waals surface area (Å²) in [5, 5.41) is 11.0. The van der Waals surface area contributed by atoms with Gasteiger partial charge in [0.15, 0.2) is 0 Å². The third kappa shape index (κ3) is 4.08. The molecule has 0 fully saturated rings. The van der Waals surface area contributed by atoms with Gasteiger partial charge in [0.05, 0.1) is 16.8 Å². The van der Waals surface area contributed by atoms with Crippen LogP contribution in [0.25, 0.3) is 43.4 Å². The van der Waals surface area contributed by atoms with E-state index in [0.717, 1.165) is 26.8 Å². The Bertz CT molecular complexity index is 2470. The Kier molecular flexibility index (Phi) is 6.27. The molecule has 0 bridgehead atoms. The molecule has 8 aromatic rings. The molecule has 0 saturated carbocycles. The van der Waals surface area contributed by atoms with Gasteiger partial charge in [-0.3, -0.25) is 0 Å². The molecule has 0 radical (unpaired) electrons. The van der Waals surface area contributed by atoms with Crippen molar-refractivity contribution in [2.75, 3.05) is 4.90 Å². The van der Waals surface area contributed by atoms with Gasteiger partial charge in [0.2, 0.25) is 0 Å². The lowest BCUT2D eigenvalue weighted by Crippen LogP contribution is -2.36. The number of nitrogens with zero attached hydrogens (tertiary/aromatic N) is 3. The first-order chi connectivity index (χ1) is 24.3. The van der Waals surface area contributed by atoms with E-state index in [4.69, 9.17) is 0 Å². The van der Waals surface area contributed by atoms with Crippen molar-refractivity contribution >= 4 is 28.4 Å². The summed E-state index contributed by atoms with van der Waals surface area (Å²) >= 11 is 1.63. The highest BCUT2D eigenvalue weighted by Crippen LogP contribution is 2.64. The van der Waals surface area contributed by atoms with Crippen molar-refractivity contribution in [2.24, 2.45) is 0 Å². The van der Waals surface area contributed by atoms with Crippen molar-refractivity contribution in [3.63, 3.8) is 0 Å². The predicted molar refractivity (Wildman–Crippen MR) is 202 cm³/mol. The maximum Gasteiger partial charge on any atom is 0.148 e. The van der Waals surface area contributed by atoms with E-state index >= 15 is 0 Å². The van der Waals surface area contributed by atoms with Crippen LogP contribution in [-0.2, 0) is 5.41 Å². The summed E-state index contributed by atoms with van der Waals surface area (Å²) in [6, 6.07) is 63.6. The molecule has 0 saturated heterocycles. The van der Waals surface area contributed by atoms with Gasteiger partial charge in [0.25, 0.3) is 0 Å². The Morgan fingerprint density at radius 3 is 1.65 bits per heavy atom. The van der Waals surface area contributed by atoms with Crippen LogP contribution in [-0.4, -0.2) is 10.2 Å². The van der Waals surface area contributed by atoms with Gasteiger partial charge >= 0.3 is 0 Å². The molecule has 1 spiro atoms. The number of hydrogen-bond acceptors (Lipinski definition) is 4. The molecule has 10 rings (SSSR count). The Hall–Kier alpha value is -6.10. The molecule has 0 atom stereocenters. The first kappa shape index (κ1) is 28.0. The number of fused-ring (bicyclic) bond motifs is 9. The average molecular weight is 644 g/mol. The van der Waals surface area contributed by atoms with E-state index in [9.17, 15) is 0 Å². The van der Waals surface area contributed by atoms with E-state index in [1.807, 2.05) is 18.2 Å². The molecule has 1 aliphatic heterocycles. The largest absolute Gasteiger partial charge is 0.310 e. The molecule has 49 heavy (non-hydrogen) atoms. The number of rotatable bonds is 4. The third-order valence-corrected chi connectivity index (χ3v) is 11.1. The summed E-state index contributed by atoms with van der Waals surface area (Å²) < 4.78 is 0. The van der Waals surface area contributed by atoms with Crippen molar-refractivity contribution in [1.82, 2.24) is 10.2 Å². The lowest BCUT2D eigenvalue weighted by molar-refractivity contribution is 0.753. The lowest BCUT2D eigenvalue weighted by Gasteiger charge is -2.45. The minimum absolute atomic E-state index is 0.484. The molecule has 1 aromatic heterocycles. The zero-order valence-corrected chi connectivity index (χ0v) is 27.3. The fraction of sp³-hybridized carbons (Fsp3) is 0.0222. The summed E-state index contributed by atoms with van der Waals surface area (Å²) in [5.41, 5.74) is 15.4. The molecular formula is C45H29N3S. The predicted octanol–water partition coefficient (Wildman–Crippen LogP) is 11.7. The first-order valence-electron chi connectivity index (χ1n) is 16.6. The second kappa shape index (κ2) is 11.0. The quantitative estimate of drug-likeness (QED) is 0.191. The van der Waals surface area contributed by atoms with E-state index in [1.165, 1.54) is 55.9 Å². The van der Waals surface area contributed by atoms with Crippen molar-refractivity contribution in [3.05, 3.63) is 198 Å². The summed E-state index contributed by atoms with van der Waals surface area (Å²) in [5.74, 6) is 0. The van der Waals surface area contributed by atoms with E-state index in [-0.39, 0.29) is 0 Å². The monoisotopic (exact) mass is 643 g/mol.